The van der Waals surface area contributed by atoms with Gasteiger partial charge in [0.25, 0.3) is 0 Å². The predicted octanol–water partition coefficient (Wildman–Crippen LogP) is 1.57. The number of benzene rings is 1. The van der Waals surface area contributed by atoms with Crippen molar-refractivity contribution in [1.82, 2.24) is 4.31 Å². The van der Waals surface area contributed by atoms with Crippen LogP contribution in [0.15, 0.2) is 29.2 Å². The maximum atomic E-state index is 12.2. The zero-order valence-electron chi connectivity index (χ0n) is 9.13. The van der Waals surface area contributed by atoms with Crippen LogP contribution in [-0.4, -0.2) is 30.4 Å². The third-order valence-corrected chi connectivity index (χ3v) is 4.71. The number of hydrogen-bond donors (Lipinski definition) is 1. The Morgan fingerprint density at radius 2 is 2.12 bits per heavy atom. The van der Waals surface area contributed by atoms with Crippen LogP contribution in [0.25, 0.3) is 0 Å². The summed E-state index contributed by atoms with van der Waals surface area (Å²) in [5.41, 5.74) is 0. The summed E-state index contributed by atoms with van der Waals surface area (Å²) in [7, 11) is -3.44. The van der Waals surface area contributed by atoms with Gasteiger partial charge < -0.3 is 5.11 Å². The molecule has 0 amide bonds. The highest BCUT2D eigenvalue weighted by molar-refractivity contribution is 7.89. The highest BCUT2D eigenvalue weighted by Gasteiger charge is 2.36. The Morgan fingerprint density at radius 3 is 2.62 bits per heavy atom. The second-order valence-electron chi connectivity index (χ2n) is 3.94. The Bertz CT molecular complexity index is 480. The number of rotatable bonds is 4. The molecule has 0 bridgehead atoms. The van der Waals surface area contributed by atoms with E-state index in [1.165, 1.54) is 22.5 Å². The topological polar surface area (TPSA) is 57.6 Å². The second kappa shape index (κ2) is 4.07. The smallest absolute Gasteiger partial charge is 0.243 e. The van der Waals surface area contributed by atoms with Crippen LogP contribution in [0.4, 0.5) is 0 Å². The summed E-state index contributed by atoms with van der Waals surface area (Å²) in [5, 5.41) is 9.30. The molecule has 0 spiro atoms. The minimum atomic E-state index is -3.44. The van der Waals surface area contributed by atoms with Crippen LogP contribution < -0.4 is 0 Å². The molecule has 88 valence electrons. The minimum absolute atomic E-state index is 0.0204. The van der Waals surface area contributed by atoms with E-state index in [0.717, 1.165) is 12.8 Å². The first kappa shape index (κ1) is 11.4. The lowest BCUT2D eigenvalue weighted by molar-refractivity contribution is 0.419. The first-order chi connectivity index (χ1) is 7.55. The molecule has 16 heavy (non-hydrogen) atoms. The number of sulfonamides is 1. The van der Waals surface area contributed by atoms with Crippen molar-refractivity contribution in [2.75, 3.05) is 6.54 Å². The number of aromatic hydroxyl groups is 1. The van der Waals surface area contributed by atoms with Crippen molar-refractivity contribution in [2.45, 2.75) is 30.7 Å². The standard InChI is InChI=1S/C11H15NO3S/c1-2-12(9-6-7-9)16(14,15)11-5-3-4-10(13)8-11/h3-5,8-9,13H,2,6-7H2,1H3. The van der Waals surface area contributed by atoms with Gasteiger partial charge in [0.2, 0.25) is 10.0 Å². The minimum Gasteiger partial charge on any atom is -0.508 e. The summed E-state index contributed by atoms with van der Waals surface area (Å²) >= 11 is 0. The number of hydrogen-bond acceptors (Lipinski definition) is 3. The maximum Gasteiger partial charge on any atom is 0.243 e. The molecule has 1 fully saturated rings. The first-order valence-electron chi connectivity index (χ1n) is 5.36. The molecule has 1 aromatic rings. The van der Waals surface area contributed by atoms with E-state index in [1.807, 2.05) is 6.92 Å². The molecular formula is C11H15NO3S. The molecule has 2 rings (SSSR count). The fourth-order valence-corrected chi connectivity index (χ4v) is 3.50. The third-order valence-electron chi connectivity index (χ3n) is 2.69. The SMILES string of the molecule is CCN(C1CC1)S(=O)(=O)c1cccc(O)c1. The average molecular weight is 241 g/mol. The van der Waals surface area contributed by atoms with Crippen LogP contribution >= 0.6 is 0 Å². The quantitative estimate of drug-likeness (QED) is 0.870. The van der Waals surface area contributed by atoms with Gasteiger partial charge in [0.1, 0.15) is 5.75 Å². The van der Waals surface area contributed by atoms with E-state index in [-0.39, 0.29) is 16.7 Å². The van der Waals surface area contributed by atoms with Gasteiger partial charge in [-0.05, 0) is 31.0 Å². The Hall–Kier alpha value is -1.07. The van der Waals surface area contributed by atoms with Crippen LogP contribution in [0.3, 0.4) is 0 Å². The molecule has 0 aromatic heterocycles. The summed E-state index contributed by atoms with van der Waals surface area (Å²) in [6.07, 6.45) is 1.87. The first-order valence-corrected chi connectivity index (χ1v) is 6.80. The largest absolute Gasteiger partial charge is 0.508 e. The van der Waals surface area contributed by atoms with Gasteiger partial charge in [0, 0.05) is 12.6 Å². The van der Waals surface area contributed by atoms with Gasteiger partial charge in [-0.15, -0.1) is 0 Å². The molecule has 0 atom stereocenters. The lowest BCUT2D eigenvalue weighted by Crippen LogP contribution is -2.32. The molecule has 0 radical (unpaired) electrons. The van der Waals surface area contributed by atoms with Gasteiger partial charge in [0.05, 0.1) is 4.90 Å². The van der Waals surface area contributed by atoms with Crippen LogP contribution in [0.5, 0.6) is 5.75 Å². The molecule has 0 heterocycles. The fraction of sp³-hybridized carbons (Fsp3) is 0.455. The van der Waals surface area contributed by atoms with Crippen molar-refractivity contribution < 1.29 is 13.5 Å². The molecule has 1 aromatic carbocycles. The molecule has 1 aliphatic rings. The van der Waals surface area contributed by atoms with Crippen molar-refractivity contribution >= 4 is 10.0 Å². The molecule has 0 saturated heterocycles. The number of phenolic OH excluding ortho intramolecular Hbond substituents is 1. The molecule has 4 nitrogen and oxygen atoms in total. The maximum absolute atomic E-state index is 12.2. The molecule has 5 heteroatoms. The molecule has 0 unspecified atom stereocenters. The number of phenols is 1. The third kappa shape index (κ3) is 2.05. The van der Waals surface area contributed by atoms with Crippen LogP contribution in [0, 0.1) is 0 Å². The van der Waals surface area contributed by atoms with Gasteiger partial charge in [-0.1, -0.05) is 13.0 Å². The van der Waals surface area contributed by atoms with E-state index in [2.05, 4.69) is 0 Å². The zero-order chi connectivity index (χ0) is 11.8. The Kier molecular flexibility index (Phi) is 2.90. The van der Waals surface area contributed by atoms with E-state index in [1.54, 1.807) is 6.07 Å². The van der Waals surface area contributed by atoms with E-state index < -0.39 is 10.0 Å². The van der Waals surface area contributed by atoms with E-state index in [4.69, 9.17) is 0 Å². The van der Waals surface area contributed by atoms with E-state index in [0.29, 0.717) is 6.54 Å². The molecule has 1 saturated carbocycles. The van der Waals surface area contributed by atoms with Crippen LogP contribution in [0.2, 0.25) is 0 Å². The molecular weight excluding hydrogens is 226 g/mol. The lowest BCUT2D eigenvalue weighted by Gasteiger charge is -2.19. The normalized spacial score (nSPS) is 16.6. The van der Waals surface area contributed by atoms with Crippen molar-refractivity contribution in [3.8, 4) is 5.75 Å². The monoisotopic (exact) mass is 241 g/mol. The molecule has 1 N–H and O–H groups in total. The van der Waals surface area contributed by atoms with Crippen molar-refractivity contribution in [3.05, 3.63) is 24.3 Å². The predicted molar refractivity (Wildman–Crippen MR) is 60.7 cm³/mol. The van der Waals surface area contributed by atoms with Crippen LogP contribution in [0.1, 0.15) is 19.8 Å². The van der Waals surface area contributed by atoms with Gasteiger partial charge in [-0.2, -0.15) is 4.31 Å². The summed E-state index contributed by atoms with van der Waals surface area (Å²) in [6, 6.07) is 5.97. The van der Waals surface area contributed by atoms with Crippen LogP contribution in [-0.2, 0) is 10.0 Å². The highest BCUT2D eigenvalue weighted by atomic mass is 32.2. The summed E-state index contributed by atoms with van der Waals surface area (Å²) in [6.45, 7) is 2.31. The van der Waals surface area contributed by atoms with Gasteiger partial charge >= 0.3 is 0 Å². The van der Waals surface area contributed by atoms with Crippen molar-refractivity contribution in [3.63, 3.8) is 0 Å². The lowest BCUT2D eigenvalue weighted by atomic mass is 10.3. The summed E-state index contributed by atoms with van der Waals surface area (Å²) < 4.78 is 25.9. The Labute approximate surface area is 95.6 Å². The Balaban J connectivity index is 2.37. The van der Waals surface area contributed by atoms with Crippen molar-refractivity contribution in [1.29, 1.82) is 0 Å². The summed E-state index contributed by atoms with van der Waals surface area (Å²) in [4.78, 5) is 0.168. The molecule has 0 aliphatic heterocycles. The number of nitrogens with zero attached hydrogens (tertiary/aromatic N) is 1. The Morgan fingerprint density at radius 1 is 1.44 bits per heavy atom. The van der Waals surface area contributed by atoms with E-state index in [9.17, 15) is 13.5 Å². The highest BCUT2D eigenvalue weighted by Crippen LogP contribution is 2.32. The van der Waals surface area contributed by atoms with Gasteiger partial charge in [0.15, 0.2) is 0 Å². The van der Waals surface area contributed by atoms with Crippen molar-refractivity contribution in [2.24, 2.45) is 0 Å². The summed E-state index contributed by atoms with van der Waals surface area (Å²) in [5.74, 6) is -0.0204. The zero-order valence-corrected chi connectivity index (χ0v) is 9.94. The van der Waals surface area contributed by atoms with Gasteiger partial charge in [-0.25, -0.2) is 8.42 Å². The van der Waals surface area contributed by atoms with E-state index >= 15 is 0 Å². The average Bonchev–Trinajstić information content (AvgIpc) is 3.03. The molecule has 1 aliphatic carbocycles. The fourth-order valence-electron chi connectivity index (χ4n) is 1.77. The second-order valence-corrected chi connectivity index (χ2v) is 5.83. The van der Waals surface area contributed by atoms with Gasteiger partial charge in [-0.3, -0.25) is 0 Å².